The van der Waals surface area contributed by atoms with Crippen LogP contribution in [0, 0.1) is 15.9 Å². The zero-order valence-corrected chi connectivity index (χ0v) is 9.97. The highest BCUT2D eigenvalue weighted by Crippen LogP contribution is 2.28. The highest BCUT2D eigenvalue weighted by Gasteiger charge is 2.21. The van der Waals surface area contributed by atoms with Gasteiger partial charge >= 0.3 is 0 Å². The first kappa shape index (κ1) is 11.6. The summed E-state index contributed by atoms with van der Waals surface area (Å²) in [4.78, 5) is 11.8. The molecule has 2 heterocycles. The fourth-order valence-corrected chi connectivity index (χ4v) is 2.29. The van der Waals surface area contributed by atoms with Crippen LogP contribution in [-0.2, 0) is 13.0 Å². The fraction of sp³-hybridized carbons (Fsp3) is 0.250. The predicted octanol–water partition coefficient (Wildman–Crippen LogP) is 2.02. The summed E-state index contributed by atoms with van der Waals surface area (Å²) in [5, 5.41) is 17.4. The number of fused-ring (bicyclic) bond motifs is 1. The Kier molecular flexibility index (Phi) is 2.66. The topological polar surface area (TPSA) is 75.1 Å². The molecular weight excluding hydrogens is 251 g/mol. The molecule has 0 radical (unpaired) electrons. The van der Waals surface area contributed by atoms with Gasteiger partial charge in [0.2, 0.25) is 0 Å². The van der Waals surface area contributed by atoms with E-state index in [1.165, 1.54) is 12.1 Å². The number of aromatic nitrogens is 2. The highest BCUT2D eigenvalue weighted by atomic mass is 19.1. The molecular formula is C12H11FN4O2. The summed E-state index contributed by atoms with van der Waals surface area (Å²) in [6.07, 6.45) is 2.48. The molecule has 6 nitrogen and oxygen atoms in total. The Morgan fingerprint density at radius 3 is 3.05 bits per heavy atom. The molecule has 3 rings (SSSR count). The van der Waals surface area contributed by atoms with E-state index < -0.39 is 10.7 Å². The molecule has 1 aliphatic heterocycles. The number of aromatic amines is 1. The normalized spacial score (nSPS) is 14.3. The maximum Gasteiger partial charge on any atom is 0.272 e. The Balaban J connectivity index is 1.90. The second kappa shape index (κ2) is 4.34. The Morgan fingerprint density at radius 2 is 2.32 bits per heavy atom. The molecule has 0 spiro atoms. The summed E-state index contributed by atoms with van der Waals surface area (Å²) in [6, 6.07) is 3.74. The summed E-state index contributed by atoms with van der Waals surface area (Å²) in [6.45, 7) is 1.21. The van der Waals surface area contributed by atoms with Crippen molar-refractivity contribution in [1.82, 2.24) is 10.2 Å². The number of nitrogens with one attached hydrogen (secondary N) is 1. The largest absolute Gasteiger partial charge is 0.364 e. The van der Waals surface area contributed by atoms with Crippen molar-refractivity contribution in [3.63, 3.8) is 0 Å². The summed E-state index contributed by atoms with van der Waals surface area (Å²) in [5.74, 6) is -0.568. The number of hydrogen-bond acceptors (Lipinski definition) is 4. The second-order valence-corrected chi connectivity index (χ2v) is 4.44. The van der Waals surface area contributed by atoms with Gasteiger partial charge in [0.05, 0.1) is 22.9 Å². The first-order valence-electron chi connectivity index (χ1n) is 5.85. The maximum atomic E-state index is 13.9. The fourth-order valence-electron chi connectivity index (χ4n) is 2.29. The van der Waals surface area contributed by atoms with Crippen LogP contribution in [0.15, 0.2) is 24.4 Å². The number of benzene rings is 1. The van der Waals surface area contributed by atoms with Gasteiger partial charge in [-0.3, -0.25) is 15.2 Å². The Bertz CT molecular complexity index is 640. The van der Waals surface area contributed by atoms with E-state index in [1.807, 2.05) is 4.90 Å². The lowest BCUT2D eigenvalue weighted by molar-refractivity contribution is -0.385. The van der Waals surface area contributed by atoms with E-state index in [-0.39, 0.29) is 5.69 Å². The van der Waals surface area contributed by atoms with Gasteiger partial charge in [0.25, 0.3) is 5.69 Å². The number of nitro benzene ring substituents is 1. The van der Waals surface area contributed by atoms with Gasteiger partial charge in [-0.25, -0.2) is 4.39 Å². The minimum atomic E-state index is -0.600. The number of anilines is 1. The van der Waals surface area contributed by atoms with E-state index >= 15 is 0 Å². The van der Waals surface area contributed by atoms with Crippen molar-refractivity contribution in [1.29, 1.82) is 0 Å². The van der Waals surface area contributed by atoms with E-state index in [0.29, 0.717) is 18.8 Å². The van der Waals surface area contributed by atoms with Gasteiger partial charge in [-0.2, -0.15) is 5.10 Å². The second-order valence-electron chi connectivity index (χ2n) is 4.44. The van der Waals surface area contributed by atoms with Gasteiger partial charge in [0.1, 0.15) is 0 Å². The van der Waals surface area contributed by atoms with Gasteiger partial charge in [0.15, 0.2) is 5.82 Å². The lowest BCUT2D eigenvalue weighted by atomic mass is 10.1. The number of non-ortho nitro benzene ring substituents is 1. The SMILES string of the molecule is O=[N+]([O-])c1ccc(N2CCc3[nH]ncc3C2)c(F)c1. The van der Waals surface area contributed by atoms with E-state index in [9.17, 15) is 14.5 Å². The number of nitrogens with zero attached hydrogens (tertiary/aromatic N) is 3. The van der Waals surface area contributed by atoms with Crippen LogP contribution < -0.4 is 4.90 Å². The van der Waals surface area contributed by atoms with Gasteiger partial charge in [-0.1, -0.05) is 0 Å². The maximum absolute atomic E-state index is 13.9. The van der Waals surface area contributed by atoms with Crippen LogP contribution in [0.3, 0.4) is 0 Å². The van der Waals surface area contributed by atoms with Crippen LogP contribution >= 0.6 is 0 Å². The zero-order valence-electron chi connectivity index (χ0n) is 9.97. The Hall–Kier alpha value is -2.44. The molecule has 98 valence electrons. The number of hydrogen-bond donors (Lipinski definition) is 1. The van der Waals surface area contributed by atoms with Gasteiger partial charge in [-0.15, -0.1) is 0 Å². The van der Waals surface area contributed by atoms with E-state index in [0.717, 1.165) is 23.7 Å². The van der Waals surface area contributed by atoms with Gasteiger partial charge < -0.3 is 4.90 Å². The molecule has 0 saturated heterocycles. The van der Waals surface area contributed by atoms with Crippen LogP contribution in [0.1, 0.15) is 11.3 Å². The zero-order chi connectivity index (χ0) is 13.4. The van der Waals surface area contributed by atoms with Crippen molar-refractivity contribution in [3.8, 4) is 0 Å². The van der Waals surface area contributed by atoms with Crippen LogP contribution in [0.25, 0.3) is 0 Å². The summed E-state index contributed by atoms with van der Waals surface area (Å²) < 4.78 is 13.9. The van der Waals surface area contributed by atoms with Crippen LogP contribution in [0.2, 0.25) is 0 Å². The monoisotopic (exact) mass is 262 g/mol. The third-order valence-corrected chi connectivity index (χ3v) is 3.28. The van der Waals surface area contributed by atoms with Crippen LogP contribution in [0.5, 0.6) is 0 Å². The van der Waals surface area contributed by atoms with Gasteiger partial charge in [0, 0.05) is 36.8 Å². The molecule has 0 unspecified atom stereocenters. The lowest BCUT2D eigenvalue weighted by Gasteiger charge is -2.28. The van der Waals surface area contributed by atoms with E-state index in [1.54, 1.807) is 6.20 Å². The first-order valence-corrected chi connectivity index (χ1v) is 5.85. The highest BCUT2D eigenvalue weighted by molar-refractivity contribution is 5.53. The molecule has 0 aliphatic carbocycles. The summed E-state index contributed by atoms with van der Waals surface area (Å²) in [7, 11) is 0. The molecule has 2 aromatic rings. The molecule has 19 heavy (non-hydrogen) atoms. The van der Waals surface area contributed by atoms with Crippen molar-refractivity contribution >= 4 is 11.4 Å². The van der Waals surface area contributed by atoms with Crippen molar-refractivity contribution in [2.75, 3.05) is 11.4 Å². The van der Waals surface area contributed by atoms with Crippen LogP contribution in [-0.4, -0.2) is 21.7 Å². The average Bonchev–Trinajstić information content (AvgIpc) is 2.85. The van der Waals surface area contributed by atoms with Crippen molar-refractivity contribution < 1.29 is 9.31 Å². The van der Waals surface area contributed by atoms with Crippen LogP contribution in [0.4, 0.5) is 15.8 Å². The third-order valence-electron chi connectivity index (χ3n) is 3.28. The average molecular weight is 262 g/mol. The summed E-state index contributed by atoms with van der Waals surface area (Å²) >= 11 is 0. The number of nitro groups is 1. The molecule has 7 heteroatoms. The standard InChI is InChI=1S/C12H11FN4O2/c13-10-5-9(17(18)19)1-2-12(10)16-4-3-11-8(7-16)6-14-15-11/h1-2,5-6H,3-4,7H2,(H,14,15). The predicted molar refractivity (Wildman–Crippen MR) is 66.4 cm³/mol. The smallest absolute Gasteiger partial charge is 0.272 e. The number of halogens is 1. The third kappa shape index (κ3) is 2.03. The molecule has 1 aromatic heterocycles. The molecule has 0 fully saturated rings. The molecule has 0 bridgehead atoms. The molecule has 1 N–H and O–H groups in total. The molecule has 0 amide bonds. The molecule has 0 saturated carbocycles. The van der Waals surface area contributed by atoms with Gasteiger partial charge in [-0.05, 0) is 6.07 Å². The Morgan fingerprint density at radius 1 is 1.47 bits per heavy atom. The van der Waals surface area contributed by atoms with E-state index in [2.05, 4.69) is 10.2 Å². The quantitative estimate of drug-likeness (QED) is 0.663. The molecule has 1 aliphatic rings. The molecule has 0 atom stereocenters. The van der Waals surface area contributed by atoms with E-state index in [4.69, 9.17) is 0 Å². The first-order chi connectivity index (χ1) is 9.15. The van der Waals surface area contributed by atoms with Crippen molar-refractivity contribution in [3.05, 3.63) is 51.6 Å². The minimum Gasteiger partial charge on any atom is -0.364 e. The Labute approximate surface area is 108 Å². The number of rotatable bonds is 2. The van der Waals surface area contributed by atoms with Crippen molar-refractivity contribution in [2.45, 2.75) is 13.0 Å². The minimum absolute atomic E-state index is 0.234. The van der Waals surface area contributed by atoms with Crippen molar-refractivity contribution in [2.24, 2.45) is 0 Å². The summed E-state index contributed by atoms with van der Waals surface area (Å²) in [5.41, 5.74) is 2.25. The molecule has 1 aromatic carbocycles. The number of H-pyrrole nitrogens is 1. The lowest BCUT2D eigenvalue weighted by Crippen LogP contribution is -2.30.